The number of rotatable bonds is 4. The molecule has 1 atom stereocenters. The minimum atomic E-state index is 0.0407. The molecule has 1 unspecified atom stereocenters. The number of carbonyl (C=O) groups excluding carboxylic acids is 1. The molecule has 1 amide bonds. The van der Waals surface area contributed by atoms with Gasteiger partial charge in [0.1, 0.15) is 0 Å². The monoisotopic (exact) mass is 236 g/mol. The second-order valence-electron chi connectivity index (χ2n) is 3.85. The maximum absolute atomic E-state index is 11.1. The fraction of sp³-hybridized carbons (Fsp3) is 0.417. The summed E-state index contributed by atoms with van der Waals surface area (Å²) in [4.78, 5) is 12.4. The van der Waals surface area contributed by atoms with Crippen LogP contribution in [0, 0.1) is 0 Å². The molecule has 3 nitrogen and oxygen atoms in total. The van der Waals surface area contributed by atoms with Gasteiger partial charge in [0.25, 0.3) is 0 Å². The van der Waals surface area contributed by atoms with E-state index in [1.54, 1.807) is 7.05 Å². The predicted octanol–water partition coefficient (Wildman–Crippen LogP) is 1.21. The molecule has 0 saturated carbocycles. The Labute approximate surface area is 100.0 Å². The highest BCUT2D eigenvalue weighted by Gasteiger charge is 2.21. The fourth-order valence-electron chi connectivity index (χ4n) is 1.85. The second kappa shape index (κ2) is 5.37. The van der Waals surface area contributed by atoms with E-state index in [4.69, 9.17) is 0 Å². The van der Waals surface area contributed by atoms with Crippen molar-refractivity contribution in [3.05, 3.63) is 29.8 Å². The van der Waals surface area contributed by atoms with E-state index in [0.717, 1.165) is 12.3 Å². The van der Waals surface area contributed by atoms with Crippen LogP contribution >= 0.6 is 11.8 Å². The number of benzene rings is 1. The minimum absolute atomic E-state index is 0.0407. The third-order valence-corrected chi connectivity index (χ3v) is 4.01. The first-order valence-corrected chi connectivity index (χ1v) is 6.43. The van der Waals surface area contributed by atoms with Gasteiger partial charge in [-0.15, -0.1) is 11.8 Å². The van der Waals surface area contributed by atoms with Crippen molar-refractivity contribution >= 4 is 17.7 Å². The Balaban J connectivity index is 1.86. The molecule has 1 aromatic carbocycles. The SMILES string of the molecule is CNC(=O)CNCC1CSc2ccccc21. The van der Waals surface area contributed by atoms with Crippen molar-refractivity contribution in [1.29, 1.82) is 0 Å². The number of nitrogens with one attached hydrogen (secondary N) is 2. The Morgan fingerprint density at radius 3 is 3.12 bits per heavy atom. The highest BCUT2D eigenvalue weighted by Crippen LogP contribution is 2.38. The van der Waals surface area contributed by atoms with Crippen LogP contribution in [-0.2, 0) is 4.79 Å². The van der Waals surface area contributed by atoms with Crippen LogP contribution in [0.3, 0.4) is 0 Å². The number of hydrogen-bond donors (Lipinski definition) is 2. The van der Waals surface area contributed by atoms with Crippen molar-refractivity contribution in [1.82, 2.24) is 10.6 Å². The molecule has 86 valence electrons. The molecule has 0 aliphatic carbocycles. The summed E-state index contributed by atoms with van der Waals surface area (Å²) in [6.07, 6.45) is 0. The zero-order valence-corrected chi connectivity index (χ0v) is 10.1. The van der Waals surface area contributed by atoms with Crippen LogP contribution < -0.4 is 10.6 Å². The van der Waals surface area contributed by atoms with Crippen LogP contribution in [0.5, 0.6) is 0 Å². The summed E-state index contributed by atoms with van der Waals surface area (Å²) in [7, 11) is 1.66. The Morgan fingerprint density at radius 1 is 1.50 bits per heavy atom. The third-order valence-electron chi connectivity index (χ3n) is 2.75. The van der Waals surface area contributed by atoms with Crippen molar-refractivity contribution in [2.75, 3.05) is 25.9 Å². The van der Waals surface area contributed by atoms with Crippen molar-refractivity contribution in [2.24, 2.45) is 0 Å². The summed E-state index contributed by atoms with van der Waals surface area (Å²) in [5.41, 5.74) is 1.41. The highest BCUT2D eigenvalue weighted by atomic mass is 32.2. The first-order valence-electron chi connectivity index (χ1n) is 5.44. The molecule has 1 aromatic rings. The topological polar surface area (TPSA) is 41.1 Å². The zero-order chi connectivity index (χ0) is 11.4. The number of thioether (sulfide) groups is 1. The van der Waals surface area contributed by atoms with E-state index in [-0.39, 0.29) is 5.91 Å². The van der Waals surface area contributed by atoms with E-state index in [2.05, 4.69) is 34.9 Å². The summed E-state index contributed by atoms with van der Waals surface area (Å²) < 4.78 is 0. The molecule has 0 saturated heterocycles. The Kier molecular flexibility index (Phi) is 3.85. The summed E-state index contributed by atoms with van der Waals surface area (Å²) in [6, 6.07) is 8.50. The molecule has 0 spiro atoms. The number of amides is 1. The largest absolute Gasteiger partial charge is 0.358 e. The van der Waals surface area contributed by atoms with Gasteiger partial charge in [0.05, 0.1) is 6.54 Å². The van der Waals surface area contributed by atoms with Gasteiger partial charge in [-0.05, 0) is 11.6 Å². The number of fused-ring (bicyclic) bond motifs is 1. The lowest BCUT2D eigenvalue weighted by Gasteiger charge is -2.11. The van der Waals surface area contributed by atoms with Gasteiger partial charge in [-0.1, -0.05) is 18.2 Å². The lowest BCUT2D eigenvalue weighted by molar-refractivity contribution is -0.119. The molecule has 16 heavy (non-hydrogen) atoms. The van der Waals surface area contributed by atoms with E-state index in [0.29, 0.717) is 12.5 Å². The molecule has 2 rings (SSSR count). The second-order valence-corrected chi connectivity index (χ2v) is 4.91. The fourth-order valence-corrected chi connectivity index (χ4v) is 3.10. The lowest BCUT2D eigenvalue weighted by Crippen LogP contribution is -2.33. The molecule has 2 N–H and O–H groups in total. The van der Waals surface area contributed by atoms with E-state index < -0.39 is 0 Å². The van der Waals surface area contributed by atoms with Crippen LogP contribution in [0.4, 0.5) is 0 Å². The van der Waals surface area contributed by atoms with Crippen molar-refractivity contribution in [2.45, 2.75) is 10.8 Å². The Hall–Kier alpha value is -1.00. The molecule has 1 aliphatic rings. The Bertz CT molecular complexity index is 381. The van der Waals surface area contributed by atoms with Crippen molar-refractivity contribution in [3.8, 4) is 0 Å². The molecule has 0 fully saturated rings. The smallest absolute Gasteiger partial charge is 0.233 e. The molecule has 1 heterocycles. The Morgan fingerprint density at radius 2 is 2.31 bits per heavy atom. The van der Waals surface area contributed by atoms with Gasteiger partial charge in [-0.3, -0.25) is 4.79 Å². The third kappa shape index (κ3) is 2.57. The molecule has 0 aromatic heterocycles. The average molecular weight is 236 g/mol. The van der Waals surface area contributed by atoms with Crippen molar-refractivity contribution in [3.63, 3.8) is 0 Å². The lowest BCUT2D eigenvalue weighted by atomic mass is 10.0. The molecular formula is C12H16N2OS. The van der Waals surface area contributed by atoms with Crippen LogP contribution in [0.2, 0.25) is 0 Å². The van der Waals surface area contributed by atoms with Gasteiger partial charge >= 0.3 is 0 Å². The normalized spacial score (nSPS) is 18.2. The van der Waals surface area contributed by atoms with E-state index >= 15 is 0 Å². The van der Waals surface area contributed by atoms with Crippen LogP contribution in [0.25, 0.3) is 0 Å². The summed E-state index contributed by atoms with van der Waals surface area (Å²) in [5.74, 6) is 1.69. The number of likely N-dealkylation sites (N-methyl/N-ethyl adjacent to an activating group) is 1. The maximum Gasteiger partial charge on any atom is 0.233 e. The van der Waals surface area contributed by atoms with Crippen LogP contribution in [0.15, 0.2) is 29.2 Å². The van der Waals surface area contributed by atoms with E-state index in [1.807, 2.05) is 11.8 Å². The predicted molar refractivity (Wildman–Crippen MR) is 66.8 cm³/mol. The van der Waals surface area contributed by atoms with E-state index in [1.165, 1.54) is 10.5 Å². The highest BCUT2D eigenvalue weighted by molar-refractivity contribution is 7.99. The minimum Gasteiger partial charge on any atom is -0.358 e. The van der Waals surface area contributed by atoms with Gasteiger partial charge in [0.15, 0.2) is 0 Å². The van der Waals surface area contributed by atoms with Gasteiger partial charge in [0.2, 0.25) is 5.91 Å². The van der Waals surface area contributed by atoms with Crippen LogP contribution in [-0.4, -0.2) is 31.8 Å². The first-order chi connectivity index (χ1) is 7.81. The number of hydrogen-bond acceptors (Lipinski definition) is 3. The van der Waals surface area contributed by atoms with Gasteiger partial charge in [0, 0.05) is 30.2 Å². The van der Waals surface area contributed by atoms with Crippen molar-refractivity contribution < 1.29 is 4.79 Å². The summed E-state index contributed by atoms with van der Waals surface area (Å²) in [5, 5.41) is 5.80. The summed E-state index contributed by atoms with van der Waals surface area (Å²) >= 11 is 1.90. The average Bonchev–Trinajstić information content (AvgIpc) is 2.73. The molecule has 4 heteroatoms. The van der Waals surface area contributed by atoms with Crippen LogP contribution in [0.1, 0.15) is 11.5 Å². The standard InChI is InChI=1S/C12H16N2OS/c1-13-12(15)7-14-6-9-8-16-11-5-3-2-4-10(9)11/h2-5,9,14H,6-8H2,1H3,(H,13,15). The first kappa shape index (κ1) is 11.5. The van der Waals surface area contributed by atoms with Gasteiger partial charge in [-0.25, -0.2) is 0 Å². The quantitative estimate of drug-likeness (QED) is 0.825. The van der Waals surface area contributed by atoms with Gasteiger partial charge < -0.3 is 10.6 Å². The number of carbonyl (C=O) groups is 1. The maximum atomic E-state index is 11.1. The molecule has 0 radical (unpaired) electrons. The van der Waals surface area contributed by atoms with E-state index in [9.17, 15) is 4.79 Å². The zero-order valence-electron chi connectivity index (χ0n) is 9.32. The summed E-state index contributed by atoms with van der Waals surface area (Å²) in [6.45, 7) is 1.28. The molecular weight excluding hydrogens is 220 g/mol. The molecule has 0 bridgehead atoms. The molecule has 1 aliphatic heterocycles. The van der Waals surface area contributed by atoms with Gasteiger partial charge in [-0.2, -0.15) is 0 Å².